The van der Waals surface area contributed by atoms with Crippen LogP contribution in [0.3, 0.4) is 0 Å². The van der Waals surface area contributed by atoms with E-state index < -0.39 is 0 Å². The molecule has 90 valence electrons. The third kappa shape index (κ3) is 2.62. The van der Waals surface area contributed by atoms with Crippen LogP contribution in [0.1, 0.15) is 29.0 Å². The SMILES string of the molecule is C[C@H](NC(=O)c1csc(N)n1)c1cnn(C)c1. The highest BCUT2D eigenvalue weighted by Gasteiger charge is 2.14. The molecule has 1 amide bonds. The number of nitrogens with two attached hydrogens (primary N) is 1. The van der Waals surface area contributed by atoms with E-state index in [1.807, 2.05) is 20.2 Å². The molecule has 0 saturated carbocycles. The van der Waals surface area contributed by atoms with E-state index in [0.717, 1.165) is 5.56 Å². The summed E-state index contributed by atoms with van der Waals surface area (Å²) in [6, 6.07) is -0.112. The quantitative estimate of drug-likeness (QED) is 0.850. The van der Waals surface area contributed by atoms with Crippen LogP contribution in [-0.2, 0) is 7.05 Å². The highest BCUT2D eigenvalue weighted by molar-refractivity contribution is 7.13. The Bertz CT molecular complexity index is 532. The van der Waals surface area contributed by atoms with Gasteiger partial charge in [0.2, 0.25) is 0 Å². The molecule has 3 N–H and O–H groups in total. The fourth-order valence-electron chi connectivity index (χ4n) is 1.41. The maximum absolute atomic E-state index is 11.8. The summed E-state index contributed by atoms with van der Waals surface area (Å²) in [6.07, 6.45) is 3.58. The summed E-state index contributed by atoms with van der Waals surface area (Å²) in [6.45, 7) is 1.89. The van der Waals surface area contributed by atoms with E-state index >= 15 is 0 Å². The normalized spacial score (nSPS) is 12.4. The number of anilines is 1. The van der Waals surface area contributed by atoms with Gasteiger partial charge in [0.05, 0.1) is 12.2 Å². The second-order valence-corrected chi connectivity index (χ2v) is 4.60. The van der Waals surface area contributed by atoms with E-state index in [9.17, 15) is 4.79 Å². The number of carbonyl (C=O) groups excluding carboxylic acids is 1. The van der Waals surface area contributed by atoms with Gasteiger partial charge in [-0.15, -0.1) is 11.3 Å². The second kappa shape index (κ2) is 4.54. The molecule has 0 aliphatic carbocycles. The number of rotatable bonds is 3. The van der Waals surface area contributed by atoms with Crippen molar-refractivity contribution in [3.8, 4) is 0 Å². The number of hydrogen-bond donors (Lipinski definition) is 2. The van der Waals surface area contributed by atoms with Crippen molar-refractivity contribution in [1.82, 2.24) is 20.1 Å². The predicted molar refractivity (Wildman–Crippen MR) is 65.6 cm³/mol. The topological polar surface area (TPSA) is 85.8 Å². The van der Waals surface area contributed by atoms with E-state index in [2.05, 4.69) is 15.4 Å². The fraction of sp³-hybridized carbons (Fsp3) is 0.300. The molecule has 0 bridgehead atoms. The van der Waals surface area contributed by atoms with Gasteiger partial charge in [0.15, 0.2) is 5.13 Å². The summed E-state index contributed by atoms with van der Waals surface area (Å²) < 4.78 is 1.69. The van der Waals surface area contributed by atoms with Crippen LogP contribution in [0.5, 0.6) is 0 Å². The number of nitrogens with zero attached hydrogens (tertiary/aromatic N) is 3. The molecule has 0 spiro atoms. The fourth-order valence-corrected chi connectivity index (χ4v) is 1.95. The lowest BCUT2D eigenvalue weighted by Gasteiger charge is -2.10. The summed E-state index contributed by atoms with van der Waals surface area (Å²) >= 11 is 1.25. The molecule has 0 aliphatic heterocycles. The number of hydrogen-bond acceptors (Lipinski definition) is 5. The van der Waals surface area contributed by atoms with Gasteiger partial charge in [-0.25, -0.2) is 4.98 Å². The molecule has 0 saturated heterocycles. The molecule has 17 heavy (non-hydrogen) atoms. The number of amides is 1. The summed E-state index contributed by atoms with van der Waals surface area (Å²) in [5.74, 6) is -0.227. The van der Waals surface area contributed by atoms with Crippen LogP contribution >= 0.6 is 11.3 Å². The molecule has 0 fully saturated rings. The Morgan fingerprint density at radius 3 is 2.94 bits per heavy atom. The minimum atomic E-state index is -0.227. The van der Waals surface area contributed by atoms with E-state index in [-0.39, 0.29) is 11.9 Å². The Balaban J connectivity index is 2.04. The molecule has 2 aromatic rings. The number of aromatic nitrogens is 3. The first-order chi connectivity index (χ1) is 8.06. The first-order valence-electron chi connectivity index (χ1n) is 5.06. The van der Waals surface area contributed by atoms with E-state index in [0.29, 0.717) is 10.8 Å². The molecule has 0 unspecified atom stereocenters. The van der Waals surface area contributed by atoms with Crippen LogP contribution in [0.15, 0.2) is 17.8 Å². The minimum Gasteiger partial charge on any atom is -0.375 e. The summed E-state index contributed by atoms with van der Waals surface area (Å²) in [4.78, 5) is 15.7. The second-order valence-electron chi connectivity index (χ2n) is 3.71. The number of nitrogens with one attached hydrogen (secondary N) is 1. The van der Waals surface area contributed by atoms with Gasteiger partial charge in [-0.1, -0.05) is 0 Å². The number of thiazole rings is 1. The van der Waals surface area contributed by atoms with Crippen LogP contribution < -0.4 is 11.1 Å². The van der Waals surface area contributed by atoms with Crippen molar-refractivity contribution in [3.63, 3.8) is 0 Å². The highest BCUT2D eigenvalue weighted by atomic mass is 32.1. The van der Waals surface area contributed by atoms with Gasteiger partial charge in [0.1, 0.15) is 5.69 Å². The third-order valence-electron chi connectivity index (χ3n) is 2.33. The van der Waals surface area contributed by atoms with Crippen LogP contribution in [0.2, 0.25) is 0 Å². The smallest absolute Gasteiger partial charge is 0.271 e. The maximum Gasteiger partial charge on any atom is 0.271 e. The maximum atomic E-state index is 11.8. The van der Waals surface area contributed by atoms with Crippen molar-refractivity contribution in [2.75, 3.05) is 5.73 Å². The molecule has 0 aromatic carbocycles. The van der Waals surface area contributed by atoms with Crippen molar-refractivity contribution in [2.24, 2.45) is 7.05 Å². The zero-order chi connectivity index (χ0) is 12.4. The first-order valence-corrected chi connectivity index (χ1v) is 5.94. The number of nitrogen functional groups attached to an aromatic ring is 1. The monoisotopic (exact) mass is 251 g/mol. The third-order valence-corrected chi connectivity index (χ3v) is 3.00. The average molecular weight is 251 g/mol. The standard InChI is InChI=1S/C10H13N5OS/c1-6(7-3-12-15(2)4-7)13-9(16)8-5-17-10(11)14-8/h3-6H,1-2H3,(H2,11,14)(H,13,16)/t6-/m0/s1. The molecular formula is C10H13N5OS. The van der Waals surface area contributed by atoms with Gasteiger partial charge < -0.3 is 11.1 Å². The van der Waals surface area contributed by atoms with Gasteiger partial charge in [-0.05, 0) is 6.92 Å². The Morgan fingerprint density at radius 1 is 1.65 bits per heavy atom. The Labute approximate surface area is 102 Å². The van der Waals surface area contributed by atoms with Crippen LogP contribution in [0, 0.1) is 0 Å². The average Bonchev–Trinajstić information content (AvgIpc) is 2.87. The molecule has 6 nitrogen and oxygen atoms in total. The zero-order valence-corrected chi connectivity index (χ0v) is 10.4. The molecule has 7 heteroatoms. The largest absolute Gasteiger partial charge is 0.375 e. The lowest BCUT2D eigenvalue weighted by molar-refractivity contribution is 0.0935. The van der Waals surface area contributed by atoms with Gasteiger partial charge >= 0.3 is 0 Å². The van der Waals surface area contributed by atoms with Crippen LogP contribution in [0.4, 0.5) is 5.13 Å². The summed E-state index contributed by atoms with van der Waals surface area (Å²) in [7, 11) is 1.83. The molecular weight excluding hydrogens is 238 g/mol. The number of carbonyl (C=O) groups is 1. The zero-order valence-electron chi connectivity index (χ0n) is 9.54. The van der Waals surface area contributed by atoms with Crippen LogP contribution in [-0.4, -0.2) is 20.7 Å². The summed E-state index contributed by atoms with van der Waals surface area (Å²) in [5.41, 5.74) is 6.77. The van der Waals surface area contributed by atoms with Crippen molar-refractivity contribution in [2.45, 2.75) is 13.0 Å². The van der Waals surface area contributed by atoms with Crippen molar-refractivity contribution < 1.29 is 4.79 Å². The van der Waals surface area contributed by atoms with Gasteiger partial charge in [-0.2, -0.15) is 5.10 Å². The van der Waals surface area contributed by atoms with E-state index in [1.54, 1.807) is 16.3 Å². The lowest BCUT2D eigenvalue weighted by Crippen LogP contribution is -2.26. The van der Waals surface area contributed by atoms with Crippen LogP contribution in [0.25, 0.3) is 0 Å². The molecule has 1 atom stereocenters. The summed E-state index contributed by atoms with van der Waals surface area (Å²) in [5, 5.41) is 8.92. The van der Waals surface area contributed by atoms with Gasteiger partial charge in [0, 0.05) is 24.2 Å². The Hall–Kier alpha value is -1.89. The molecule has 2 heterocycles. The minimum absolute atomic E-state index is 0.112. The predicted octanol–water partition coefficient (Wildman–Crippen LogP) is 0.950. The Kier molecular flexibility index (Phi) is 3.10. The van der Waals surface area contributed by atoms with Gasteiger partial charge in [0.25, 0.3) is 5.91 Å². The Morgan fingerprint density at radius 2 is 2.41 bits per heavy atom. The number of aryl methyl sites for hydroxylation is 1. The van der Waals surface area contributed by atoms with Crippen molar-refractivity contribution >= 4 is 22.4 Å². The van der Waals surface area contributed by atoms with Crippen molar-refractivity contribution in [1.29, 1.82) is 0 Å². The molecule has 0 radical (unpaired) electrons. The molecule has 2 rings (SSSR count). The van der Waals surface area contributed by atoms with Gasteiger partial charge in [-0.3, -0.25) is 9.48 Å². The molecule has 0 aliphatic rings. The first kappa shape index (κ1) is 11.6. The van der Waals surface area contributed by atoms with Crippen molar-refractivity contribution in [3.05, 3.63) is 29.0 Å². The van der Waals surface area contributed by atoms with E-state index in [4.69, 9.17) is 5.73 Å². The lowest BCUT2D eigenvalue weighted by atomic mass is 10.2. The molecule has 2 aromatic heterocycles. The van der Waals surface area contributed by atoms with E-state index in [1.165, 1.54) is 11.3 Å². The highest BCUT2D eigenvalue weighted by Crippen LogP contribution is 2.14.